The van der Waals surface area contributed by atoms with E-state index in [9.17, 15) is 0 Å². The first-order chi connectivity index (χ1) is 7.72. The van der Waals surface area contributed by atoms with Crippen molar-refractivity contribution in [3.8, 4) is 17.0 Å². The summed E-state index contributed by atoms with van der Waals surface area (Å²) >= 11 is 3.28. The second kappa shape index (κ2) is 4.44. The van der Waals surface area contributed by atoms with Crippen LogP contribution in [0.3, 0.4) is 0 Å². The largest absolute Gasteiger partial charge is 0.496 e. The molecule has 2 aromatic rings. The zero-order valence-corrected chi connectivity index (χ0v) is 10.1. The van der Waals surface area contributed by atoms with Gasteiger partial charge in [0.15, 0.2) is 4.60 Å². The van der Waals surface area contributed by atoms with Crippen LogP contribution in [-0.4, -0.2) is 22.3 Å². The van der Waals surface area contributed by atoms with Crippen molar-refractivity contribution in [3.63, 3.8) is 0 Å². The molecule has 0 radical (unpaired) electrons. The summed E-state index contributed by atoms with van der Waals surface area (Å²) in [5.74, 6) is 0.840. The van der Waals surface area contributed by atoms with E-state index in [1.807, 2.05) is 24.3 Å². The average Bonchev–Trinajstić information content (AvgIpc) is 2.32. The van der Waals surface area contributed by atoms with Gasteiger partial charge < -0.3 is 10.5 Å². The van der Waals surface area contributed by atoms with E-state index in [-0.39, 0.29) is 5.95 Å². The number of benzene rings is 1. The highest BCUT2D eigenvalue weighted by molar-refractivity contribution is 9.10. The fourth-order valence-electron chi connectivity index (χ4n) is 1.34. The predicted molar refractivity (Wildman–Crippen MR) is 63.9 cm³/mol. The number of nitrogen functional groups attached to an aromatic ring is 1. The van der Waals surface area contributed by atoms with E-state index in [1.54, 1.807) is 7.11 Å². The van der Waals surface area contributed by atoms with Gasteiger partial charge in [-0.1, -0.05) is 12.1 Å². The molecule has 1 aromatic carbocycles. The van der Waals surface area contributed by atoms with E-state index >= 15 is 0 Å². The third kappa shape index (κ3) is 1.96. The summed E-state index contributed by atoms with van der Waals surface area (Å²) in [6.07, 6.45) is 0. The maximum atomic E-state index is 5.51. The number of hydrogen-bond donors (Lipinski definition) is 1. The summed E-state index contributed by atoms with van der Waals surface area (Å²) in [4.78, 5) is 4.13. The van der Waals surface area contributed by atoms with Crippen LogP contribution in [0.25, 0.3) is 11.3 Å². The lowest BCUT2D eigenvalue weighted by molar-refractivity contribution is 0.416. The van der Waals surface area contributed by atoms with E-state index < -0.39 is 0 Å². The first-order valence-corrected chi connectivity index (χ1v) is 5.30. The van der Waals surface area contributed by atoms with Crippen molar-refractivity contribution in [3.05, 3.63) is 28.9 Å². The second-order valence-corrected chi connectivity index (χ2v) is 3.76. The van der Waals surface area contributed by atoms with Gasteiger partial charge in [-0.2, -0.15) is 0 Å². The van der Waals surface area contributed by atoms with Gasteiger partial charge in [0.2, 0.25) is 5.95 Å². The molecule has 0 aliphatic carbocycles. The van der Waals surface area contributed by atoms with Crippen molar-refractivity contribution in [2.75, 3.05) is 12.8 Å². The third-order valence-electron chi connectivity index (χ3n) is 2.02. The lowest BCUT2D eigenvalue weighted by atomic mass is 10.1. The molecule has 0 unspecified atom stereocenters. The predicted octanol–water partition coefficient (Wildman–Crippen LogP) is 1.89. The molecule has 2 N–H and O–H groups in total. The quantitative estimate of drug-likeness (QED) is 0.909. The lowest BCUT2D eigenvalue weighted by Crippen LogP contribution is -2.01. The van der Waals surface area contributed by atoms with Gasteiger partial charge in [0.05, 0.1) is 7.11 Å². The van der Waals surface area contributed by atoms with Crippen molar-refractivity contribution >= 4 is 21.9 Å². The van der Waals surface area contributed by atoms with Crippen molar-refractivity contribution in [1.82, 2.24) is 15.2 Å². The van der Waals surface area contributed by atoms with Gasteiger partial charge in [-0.25, -0.2) is 4.98 Å². The van der Waals surface area contributed by atoms with Gasteiger partial charge in [-0.05, 0) is 28.1 Å². The molecule has 1 aromatic heterocycles. The molecule has 0 aliphatic heterocycles. The molecule has 0 fully saturated rings. The third-order valence-corrected chi connectivity index (χ3v) is 2.56. The summed E-state index contributed by atoms with van der Waals surface area (Å²) in [6, 6.07) is 7.50. The topological polar surface area (TPSA) is 73.9 Å². The number of ether oxygens (including phenoxy) is 1. The number of aromatic nitrogens is 3. The Morgan fingerprint density at radius 2 is 2.00 bits per heavy atom. The van der Waals surface area contributed by atoms with Crippen LogP contribution < -0.4 is 10.5 Å². The van der Waals surface area contributed by atoms with Crippen LogP contribution >= 0.6 is 15.9 Å². The van der Waals surface area contributed by atoms with Gasteiger partial charge >= 0.3 is 0 Å². The molecule has 0 saturated heterocycles. The number of para-hydroxylation sites is 1. The molecule has 2 rings (SSSR count). The zero-order valence-electron chi connectivity index (χ0n) is 8.51. The summed E-state index contributed by atoms with van der Waals surface area (Å²) in [5.41, 5.74) is 6.94. The van der Waals surface area contributed by atoms with Crippen molar-refractivity contribution < 1.29 is 4.74 Å². The van der Waals surface area contributed by atoms with Gasteiger partial charge in [0, 0.05) is 5.56 Å². The minimum absolute atomic E-state index is 0.129. The Balaban J connectivity index is 2.62. The van der Waals surface area contributed by atoms with Crippen LogP contribution in [0.1, 0.15) is 0 Å². The zero-order chi connectivity index (χ0) is 11.5. The highest BCUT2D eigenvalue weighted by atomic mass is 79.9. The van der Waals surface area contributed by atoms with Crippen molar-refractivity contribution in [1.29, 1.82) is 0 Å². The smallest absolute Gasteiger partial charge is 0.240 e. The van der Waals surface area contributed by atoms with Crippen LogP contribution in [-0.2, 0) is 0 Å². The van der Waals surface area contributed by atoms with Gasteiger partial charge in [-0.3, -0.25) is 0 Å². The number of rotatable bonds is 2. The van der Waals surface area contributed by atoms with E-state index in [1.165, 1.54) is 0 Å². The van der Waals surface area contributed by atoms with Crippen molar-refractivity contribution in [2.24, 2.45) is 0 Å². The van der Waals surface area contributed by atoms with Crippen molar-refractivity contribution in [2.45, 2.75) is 0 Å². The normalized spacial score (nSPS) is 10.1. The molecule has 82 valence electrons. The SMILES string of the molecule is COc1ccccc1-c1nc(N)nnc1Br. The van der Waals surface area contributed by atoms with E-state index in [0.717, 1.165) is 5.56 Å². The van der Waals surface area contributed by atoms with E-state index in [2.05, 4.69) is 31.1 Å². The Hall–Kier alpha value is -1.69. The van der Waals surface area contributed by atoms with Gasteiger partial charge in [0.1, 0.15) is 11.4 Å². The molecule has 0 saturated carbocycles. The molecular formula is C10H9BrN4O. The van der Waals surface area contributed by atoms with Crippen LogP contribution in [0.4, 0.5) is 5.95 Å². The lowest BCUT2D eigenvalue weighted by Gasteiger charge is -2.08. The molecule has 6 heteroatoms. The fourth-order valence-corrected chi connectivity index (χ4v) is 1.72. The molecule has 16 heavy (non-hydrogen) atoms. The summed E-state index contributed by atoms with van der Waals surface area (Å²) in [7, 11) is 1.60. The first kappa shape index (κ1) is 10.8. The Bertz CT molecular complexity index is 518. The number of nitrogens with zero attached hydrogens (tertiary/aromatic N) is 3. The molecule has 0 amide bonds. The van der Waals surface area contributed by atoms with Gasteiger partial charge in [-0.15, -0.1) is 10.2 Å². The van der Waals surface area contributed by atoms with E-state index in [0.29, 0.717) is 16.0 Å². The maximum Gasteiger partial charge on any atom is 0.240 e. The van der Waals surface area contributed by atoms with Crippen LogP contribution in [0.5, 0.6) is 5.75 Å². The summed E-state index contributed by atoms with van der Waals surface area (Å²) in [5, 5.41) is 7.50. The molecule has 5 nitrogen and oxygen atoms in total. The molecule has 0 spiro atoms. The van der Waals surface area contributed by atoms with Crippen LogP contribution in [0.2, 0.25) is 0 Å². The van der Waals surface area contributed by atoms with E-state index in [4.69, 9.17) is 10.5 Å². The number of nitrogens with two attached hydrogens (primary N) is 1. The number of halogens is 1. The first-order valence-electron chi connectivity index (χ1n) is 4.51. The molecular weight excluding hydrogens is 272 g/mol. The minimum Gasteiger partial charge on any atom is -0.496 e. The minimum atomic E-state index is 0.129. The van der Waals surface area contributed by atoms with Crippen LogP contribution in [0.15, 0.2) is 28.9 Å². The van der Waals surface area contributed by atoms with Crippen LogP contribution in [0, 0.1) is 0 Å². The van der Waals surface area contributed by atoms with Gasteiger partial charge in [0.25, 0.3) is 0 Å². The standard InChI is InChI=1S/C10H9BrN4O/c1-16-7-5-3-2-4-6(7)8-9(11)14-15-10(12)13-8/h2-5H,1H3,(H2,12,13,15). The number of methoxy groups -OCH3 is 1. The Morgan fingerprint density at radius 1 is 1.25 bits per heavy atom. The number of hydrogen-bond acceptors (Lipinski definition) is 5. The highest BCUT2D eigenvalue weighted by Crippen LogP contribution is 2.31. The average molecular weight is 281 g/mol. The Labute approximate surface area is 101 Å². The molecule has 1 heterocycles. The molecule has 0 aliphatic rings. The Morgan fingerprint density at radius 3 is 2.75 bits per heavy atom. The number of anilines is 1. The second-order valence-electron chi connectivity index (χ2n) is 3.01. The highest BCUT2D eigenvalue weighted by Gasteiger charge is 2.12. The summed E-state index contributed by atoms with van der Waals surface area (Å²) < 4.78 is 5.78. The molecule has 0 atom stereocenters. The Kier molecular flexibility index (Phi) is 3.00. The monoisotopic (exact) mass is 280 g/mol. The molecule has 0 bridgehead atoms. The fraction of sp³-hybridized carbons (Fsp3) is 0.100. The summed E-state index contributed by atoms with van der Waals surface area (Å²) in [6.45, 7) is 0. The maximum absolute atomic E-state index is 5.51.